The lowest BCUT2D eigenvalue weighted by Crippen LogP contribution is -2.21. The largest absolute Gasteiger partial charge is 0.462 e. The average molecular weight is 342 g/mol. The third-order valence-electron chi connectivity index (χ3n) is 3.97. The fourth-order valence-electron chi connectivity index (χ4n) is 2.54. The van der Waals surface area contributed by atoms with Gasteiger partial charge < -0.3 is 4.74 Å². The number of rotatable bonds is 4. The number of hydrogen-bond acceptors (Lipinski definition) is 5. The van der Waals surface area contributed by atoms with Crippen LogP contribution in [0.2, 0.25) is 0 Å². The third-order valence-corrected chi connectivity index (χ3v) is 5.09. The number of aromatic nitrogens is 2. The molecule has 0 N–H and O–H groups in total. The Balaban J connectivity index is 1.90. The van der Waals surface area contributed by atoms with Crippen LogP contribution in [0.25, 0.3) is 10.2 Å². The van der Waals surface area contributed by atoms with Crippen molar-refractivity contribution in [3.05, 3.63) is 62.5 Å². The Morgan fingerprint density at radius 1 is 1.25 bits per heavy atom. The number of hydrogen-bond donors (Lipinski definition) is 0. The molecular weight excluding hydrogens is 324 g/mol. The zero-order valence-corrected chi connectivity index (χ0v) is 14.6. The molecule has 0 bridgehead atoms. The number of carbonyl (C=O) groups is 1. The molecule has 0 aliphatic carbocycles. The molecule has 3 rings (SSSR count). The fourth-order valence-corrected chi connectivity index (χ4v) is 3.53. The van der Waals surface area contributed by atoms with Crippen LogP contribution in [0, 0.1) is 13.8 Å². The van der Waals surface area contributed by atoms with Gasteiger partial charge in [0.1, 0.15) is 4.83 Å². The van der Waals surface area contributed by atoms with E-state index in [-0.39, 0.29) is 11.5 Å². The summed E-state index contributed by atoms with van der Waals surface area (Å²) in [4.78, 5) is 30.6. The van der Waals surface area contributed by atoms with E-state index in [9.17, 15) is 9.59 Å². The predicted octanol–water partition coefficient (Wildman–Crippen LogP) is 3.30. The van der Waals surface area contributed by atoms with E-state index in [1.807, 2.05) is 26.0 Å². The number of fused-ring (bicyclic) bond motifs is 1. The van der Waals surface area contributed by atoms with Crippen molar-refractivity contribution in [2.45, 2.75) is 27.3 Å². The van der Waals surface area contributed by atoms with E-state index in [2.05, 4.69) is 4.98 Å². The van der Waals surface area contributed by atoms with Gasteiger partial charge in [-0.15, -0.1) is 11.3 Å². The summed E-state index contributed by atoms with van der Waals surface area (Å²) in [5.74, 6) is -0.339. The minimum absolute atomic E-state index is 0.0312. The summed E-state index contributed by atoms with van der Waals surface area (Å²) >= 11 is 1.54. The minimum atomic E-state index is -0.339. The summed E-state index contributed by atoms with van der Waals surface area (Å²) < 4.78 is 6.56. The molecule has 0 amide bonds. The Labute approximate surface area is 143 Å². The number of aryl methyl sites for hydroxylation is 2. The molecule has 1 aromatic carbocycles. The summed E-state index contributed by atoms with van der Waals surface area (Å²) in [6.45, 7) is 6.49. The topological polar surface area (TPSA) is 61.2 Å². The van der Waals surface area contributed by atoms with Gasteiger partial charge in [-0.25, -0.2) is 9.78 Å². The lowest BCUT2D eigenvalue weighted by molar-refractivity contribution is 0.0526. The highest BCUT2D eigenvalue weighted by Gasteiger charge is 2.12. The van der Waals surface area contributed by atoms with E-state index in [1.54, 1.807) is 41.3 Å². The van der Waals surface area contributed by atoms with Gasteiger partial charge in [-0.05, 0) is 44.0 Å². The van der Waals surface area contributed by atoms with Gasteiger partial charge in [-0.3, -0.25) is 9.36 Å². The molecule has 0 saturated heterocycles. The highest BCUT2D eigenvalue weighted by atomic mass is 32.1. The highest BCUT2D eigenvalue weighted by Crippen LogP contribution is 2.25. The molecule has 0 radical (unpaired) electrons. The maximum Gasteiger partial charge on any atom is 0.338 e. The van der Waals surface area contributed by atoms with Crippen LogP contribution in [0.1, 0.15) is 33.3 Å². The predicted molar refractivity (Wildman–Crippen MR) is 94.9 cm³/mol. The molecule has 0 fully saturated rings. The molecule has 124 valence electrons. The molecule has 0 unspecified atom stereocenters. The van der Waals surface area contributed by atoms with Crippen molar-refractivity contribution in [1.29, 1.82) is 0 Å². The standard InChI is InChI=1S/C18H18N2O3S/c1-4-23-18(22)14-7-5-13(6-8-14)9-20-10-19-16-15(17(20)21)11(2)12(3)24-16/h5-8,10H,4,9H2,1-3H3. The Kier molecular flexibility index (Phi) is 4.49. The summed E-state index contributed by atoms with van der Waals surface area (Å²) in [5, 5.41) is 0.697. The molecule has 0 aliphatic heterocycles. The lowest BCUT2D eigenvalue weighted by Gasteiger charge is -2.07. The second-order valence-electron chi connectivity index (χ2n) is 5.56. The van der Waals surface area contributed by atoms with Gasteiger partial charge in [-0.1, -0.05) is 12.1 Å². The van der Waals surface area contributed by atoms with Crippen molar-refractivity contribution >= 4 is 27.5 Å². The van der Waals surface area contributed by atoms with Gasteiger partial charge in [0.25, 0.3) is 5.56 Å². The number of carbonyl (C=O) groups excluding carboxylic acids is 1. The van der Waals surface area contributed by atoms with Gasteiger partial charge in [-0.2, -0.15) is 0 Å². The molecule has 0 spiro atoms. The van der Waals surface area contributed by atoms with Gasteiger partial charge in [0.15, 0.2) is 0 Å². The quantitative estimate of drug-likeness (QED) is 0.683. The van der Waals surface area contributed by atoms with Gasteiger partial charge in [0, 0.05) is 4.88 Å². The first-order valence-electron chi connectivity index (χ1n) is 7.72. The summed E-state index contributed by atoms with van der Waals surface area (Å²) in [6, 6.07) is 7.08. The fraction of sp³-hybridized carbons (Fsp3) is 0.278. The second kappa shape index (κ2) is 6.57. The molecule has 3 aromatic rings. The number of thiophene rings is 1. The van der Waals surface area contributed by atoms with Crippen LogP contribution in [0.3, 0.4) is 0 Å². The van der Waals surface area contributed by atoms with Crippen molar-refractivity contribution in [2.24, 2.45) is 0 Å². The van der Waals surface area contributed by atoms with Crippen molar-refractivity contribution in [3.63, 3.8) is 0 Å². The number of nitrogens with zero attached hydrogens (tertiary/aromatic N) is 2. The maximum atomic E-state index is 12.7. The van der Waals surface area contributed by atoms with Crippen molar-refractivity contribution in [3.8, 4) is 0 Å². The first kappa shape index (κ1) is 16.4. The van der Waals surface area contributed by atoms with Crippen LogP contribution in [0.15, 0.2) is 35.4 Å². The normalized spacial score (nSPS) is 11.0. The molecule has 5 nitrogen and oxygen atoms in total. The highest BCUT2D eigenvalue weighted by molar-refractivity contribution is 7.18. The van der Waals surface area contributed by atoms with Crippen molar-refractivity contribution in [1.82, 2.24) is 9.55 Å². The van der Waals surface area contributed by atoms with Crippen LogP contribution in [-0.4, -0.2) is 22.1 Å². The first-order chi connectivity index (χ1) is 11.5. The summed E-state index contributed by atoms with van der Waals surface area (Å²) in [7, 11) is 0. The maximum absolute atomic E-state index is 12.7. The zero-order chi connectivity index (χ0) is 17.3. The van der Waals surface area contributed by atoms with Gasteiger partial charge in [0.2, 0.25) is 0 Å². The molecule has 0 aliphatic rings. The monoisotopic (exact) mass is 342 g/mol. The third kappa shape index (κ3) is 2.97. The first-order valence-corrected chi connectivity index (χ1v) is 8.54. The smallest absolute Gasteiger partial charge is 0.338 e. The molecule has 2 heterocycles. The van der Waals surface area contributed by atoms with Crippen molar-refractivity contribution in [2.75, 3.05) is 6.61 Å². The van der Waals surface area contributed by atoms with E-state index in [1.165, 1.54) is 0 Å². The van der Waals surface area contributed by atoms with Crippen LogP contribution in [0.5, 0.6) is 0 Å². The average Bonchev–Trinajstić information content (AvgIpc) is 2.86. The molecule has 0 saturated carbocycles. The number of ether oxygens (including phenoxy) is 1. The SMILES string of the molecule is CCOC(=O)c1ccc(Cn2cnc3sc(C)c(C)c3c2=O)cc1. The van der Waals surface area contributed by atoms with Crippen LogP contribution in [0.4, 0.5) is 0 Å². The Morgan fingerprint density at radius 3 is 2.62 bits per heavy atom. The molecule has 6 heteroatoms. The number of esters is 1. The molecule has 24 heavy (non-hydrogen) atoms. The molecular formula is C18H18N2O3S. The van der Waals surface area contributed by atoms with Crippen LogP contribution >= 0.6 is 11.3 Å². The van der Waals surface area contributed by atoms with Crippen molar-refractivity contribution < 1.29 is 9.53 Å². The molecule has 2 aromatic heterocycles. The van der Waals surface area contributed by atoms with E-state index in [4.69, 9.17) is 4.74 Å². The number of benzene rings is 1. The van der Waals surface area contributed by atoms with Gasteiger partial charge in [0.05, 0.1) is 30.4 Å². The van der Waals surface area contributed by atoms with E-state index in [0.29, 0.717) is 24.1 Å². The summed E-state index contributed by atoms with van der Waals surface area (Å²) in [5.41, 5.74) is 2.40. The van der Waals surface area contributed by atoms with Crippen LogP contribution < -0.4 is 5.56 Å². The Bertz CT molecular complexity index is 955. The summed E-state index contributed by atoms with van der Waals surface area (Å²) in [6.07, 6.45) is 1.58. The van der Waals surface area contributed by atoms with Crippen LogP contribution in [-0.2, 0) is 11.3 Å². The Morgan fingerprint density at radius 2 is 1.96 bits per heavy atom. The van der Waals surface area contributed by atoms with E-state index < -0.39 is 0 Å². The lowest BCUT2D eigenvalue weighted by atomic mass is 10.1. The minimum Gasteiger partial charge on any atom is -0.462 e. The zero-order valence-electron chi connectivity index (χ0n) is 13.8. The Hall–Kier alpha value is -2.47. The van der Waals surface area contributed by atoms with E-state index in [0.717, 1.165) is 20.8 Å². The second-order valence-corrected chi connectivity index (χ2v) is 6.76. The molecule has 0 atom stereocenters. The van der Waals surface area contributed by atoms with Gasteiger partial charge >= 0.3 is 5.97 Å². The van der Waals surface area contributed by atoms with E-state index >= 15 is 0 Å².